The molecule has 3 heterocycles. The molecule has 1 saturated heterocycles. The van der Waals surface area contributed by atoms with Crippen molar-refractivity contribution in [1.29, 1.82) is 0 Å². The molecule has 4 rings (SSSR count). The molecule has 0 aliphatic carbocycles. The van der Waals surface area contributed by atoms with Crippen molar-refractivity contribution in [2.45, 2.75) is 18.9 Å². The maximum atomic E-state index is 11.9. The first-order valence-corrected chi connectivity index (χ1v) is 9.87. The highest BCUT2D eigenvalue weighted by molar-refractivity contribution is 5.96. The fraction of sp³-hybridized carbons (Fsp3) is 0.238. The van der Waals surface area contributed by atoms with Crippen LogP contribution in [0.5, 0.6) is 0 Å². The molecule has 31 heavy (non-hydrogen) atoms. The highest BCUT2D eigenvalue weighted by Crippen LogP contribution is 2.22. The third kappa shape index (κ3) is 4.58. The van der Waals surface area contributed by atoms with Crippen molar-refractivity contribution in [1.82, 2.24) is 25.1 Å². The minimum absolute atomic E-state index is 0.0472. The number of aromatic nitrogens is 4. The second kappa shape index (κ2) is 8.74. The third-order valence-electron chi connectivity index (χ3n) is 5.01. The monoisotopic (exact) mass is 418 g/mol. The number of benzene rings is 1. The Morgan fingerprint density at radius 3 is 2.90 bits per heavy atom. The lowest BCUT2D eigenvalue weighted by Crippen LogP contribution is -2.44. The van der Waals surface area contributed by atoms with Crippen LogP contribution in [0.4, 0.5) is 17.5 Å². The number of primary amides is 1. The Morgan fingerprint density at radius 2 is 2.10 bits per heavy atom. The van der Waals surface area contributed by atoms with Crippen LogP contribution < -0.4 is 16.4 Å². The van der Waals surface area contributed by atoms with Gasteiger partial charge in [0, 0.05) is 24.5 Å². The van der Waals surface area contributed by atoms with Gasteiger partial charge in [-0.05, 0) is 31.1 Å². The Morgan fingerprint density at radius 1 is 1.26 bits per heavy atom. The first kappa shape index (κ1) is 20.2. The predicted octanol–water partition coefficient (Wildman–Crippen LogP) is 1.85. The van der Waals surface area contributed by atoms with Crippen molar-refractivity contribution in [3.63, 3.8) is 0 Å². The minimum Gasteiger partial charge on any atom is -0.364 e. The van der Waals surface area contributed by atoms with E-state index >= 15 is 0 Å². The standard InChI is InChI=1S/C21H22N8O2/c1-2-17(30)29-9-5-7-14(12-29)25-21-26-20(18(19(22)31)27-28-21)24-15-10-13-6-3-4-8-16(13)23-11-15/h2-4,6,8,10-11,14H,1,5,7,9,12H2,(H2,22,31)(H2,24,25,26,28). The first-order valence-electron chi connectivity index (χ1n) is 9.87. The van der Waals surface area contributed by atoms with Crippen LogP contribution in [0, 0.1) is 0 Å². The van der Waals surface area contributed by atoms with Gasteiger partial charge in [0.25, 0.3) is 5.91 Å². The number of rotatable bonds is 6. The summed E-state index contributed by atoms with van der Waals surface area (Å²) in [5.74, 6) is -0.444. The molecule has 1 atom stereocenters. The molecular weight excluding hydrogens is 396 g/mol. The zero-order chi connectivity index (χ0) is 21.8. The molecule has 1 unspecified atom stereocenters. The van der Waals surface area contributed by atoms with Crippen LogP contribution in [0.3, 0.4) is 0 Å². The summed E-state index contributed by atoms with van der Waals surface area (Å²) in [7, 11) is 0. The minimum atomic E-state index is -0.747. The van der Waals surface area contributed by atoms with E-state index in [1.165, 1.54) is 6.08 Å². The number of hydrogen-bond acceptors (Lipinski definition) is 8. The lowest BCUT2D eigenvalue weighted by Gasteiger charge is -2.32. The van der Waals surface area contributed by atoms with Gasteiger partial charge in [-0.1, -0.05) is 24.8 Å². The van der Waals surface area contributed by atoms with Gasteiger partial charge >= 0.3 is 0 Å². The van der Waals surface area contributed by atoms with Gasteiger partial charge in [-0.2, -0.15) is 4.98 Å². The molecule has 1 aliphatic rings. The van der Waals surface area contributed by atoms with Crippen LogP contribution in [0.2, 0.25) is 0 Å². The zero-order valence-electron chi connectivity index (χ0n) is 16.8. The van der Waals surface area contributed by atoms with Crippen molar-refractivity contribution in [3.05, 3.63) is 54.9 Å². The molecule has 0 radical (unpaired) electrons. The maximum absolute atomic E-state index is 11.9. The van der Waals surface area contributed by atoms with Crippen molar-refractivity contribution in [3.8, 4) is 0 Å². The summed E-state index contributed by atoms with van der Waals surface area (Å²) in [4.78, 5) is 34.3. The normalized spacial score (nSPS) is 16.0. The van der Waals surface area contributed by atoms with Gasteiger partial charge in [0.15, 0.2) is 11.5 Å². The average Bonchev–Trinajstić information content (AvgIpc) is 2.78. The SMILES string of the molecule is C=CC(=O)N1CCCC(Nc2nnc(C(N)=O)c(Nc3cnc4ccccc4c3)n2)C1. The number of carbonyl (C=O) groups excluding carboxylic acids is 2. The molecule has 0 bridgehead atoms. The number of pyridine rings is 1. The molecule has 10 nitrogen and oxygen atoms in total. The van der Waals surface area contributed by atoms with Gasteiger partial charge in [-0.3, -0.25) is 14.6 Å². The second-order valence-corrected chi connectivity index (χ2v) is 7.21. The topological polar surface area (TPSA) is 139 Å². The summed E-state index contributed by atoms with van der Waals surface area (Å²) in [5, 5.41) is 15.1. The summed E-state index contributed by atoms with van der Waals surface area (Å²) in [6.45, 7) is 4.73. The molecule has 158 valence electrons. The number of anilines is 3. The third-order valence-corrected chi connectivity index (χ3v) is 5.01. The van der Waals surface area contributed by atoms with Crippen LogP contribution in [-0.2, 0) is 4.79 Å². The lowest BCUT2D eigenvalue weighted by atomic mass is 10.1. The summed E-state index contributed by atoms with van der Waals surface area (Å²) in [6.07, 6.45) is 4.64. The first-order chi connectivity index (χ1) is 15.0. The number of nitrogens with one attached hydrogen (secondary N) is 2. The van der Waals surface area contributed by atoms with E-state index in [1.807, 2.05) is 30.3 Å². The molecule has 10 heteroatoms. The second-order valence-electron chi connectivity index (χ2n) is 7.21. The van der Waals surface area contributed by atoms with Gasteiger partial charge in [0.1, 0.15) is 0 Å². The molecule has 2 amide bonds. The number of piperidine rings is 1. The number of hydrogen-bond donors (Lipinski definition) is 3. The molecule has 1 aromatic carbocycles. The Hall–Kier alpha value is -4.08. The molecule has 4 N–H and O–H groups in total. The molecular formula is C21H22N8O2. The van der Waals surface area contributed by atoms with Gasteiger partial charge < -0.3 is 21.3 Å². The molecule has 3 aromatic rings. The van der Waals surface area contributed by atoms with Gasteiger partial charge in [0.2, 0.25) is 11.9 Å². The van der Waals surface area contributed by atoms with Crippen molar-refractivity contribution in [2.24, 2.45) is 5.73 Å². The fourth-order valence-electron chi connectivity index (χ4n) is 3.52. The summed E-state index contributed by atoms with van der Waals surface area (Å²) in [6, 6.07) is 9.52. The number of nitrogens with zero attached hydrogens (tertiary/aromatic N) is 5. The van der Waals surface area contributed by atoms with E-state index in [-0.39, 0.29) is 29.4 Å². The Kier molecular flexibility index (Phi) is 5.69. The van der Waals surface area contributed by atoms with E-state index in [1.54, 1.807) is 11.1 Å². The van der Waals surface area contributed by atoms with Crippen LogP contribution in [0.15, 0.2) is 49.2 Å². The van der Waals surface area contributed by atoms with E-state index in [0.717, 1.165) is 23.7 Å². The summed E-state index contributed by atoms with van der Waals surface area (Å²) >= 11 is 0. The van der Waals surface area contributed by atoms with Crippen LogP contribution in [0.25, 0.3) is 10.9 Å². The lowest BCUT2D eigenvalue weighted by molar-refractivity contribution is -0.127. The van der Waals surface area contributed by atoms with Gasteiger partial charge in [-0.15, -0.1) is 10.2 Å². The van der Waals surface area contributed by atoms with Crippen molar-refractivity contribution < 1.29 is 9.59 Å². The maximum Gasteiger partial charge on any atom is 0.273 e. The largest absolute Gasteiger partial charge is 0.364 e. The van der Waals surface area contributed by atoms with E-state index in [2.05, 4.69) is 37.4 Å². The number of para-hydroxylation sites is 1. The van der Waals surface area contributed by atoms with Crippen molar-refractivity contribution >= 4 is 40.2 Å². The Balaban J connectivity index is 1.56. The number of likely N-dealkylation sites (tertiary alicyclic amines) is 1. The van der Waals surface area contributed by atoms with E-state index in [9.17, 15) is 9.59 Å². The number of carbonyl (C=O) groups is 2. The summed E-state index contributed by atoms with van der Waals surface area (Å²) < 4.78 is 0. The highest BCUT2D eigenvalue weighted by Gasteiger charge is 2.23. The van der Waals surface area contributed by atoms with Crippen LogP contribution in [-0.4, -0.2) is 56.0 Å². The summed E-state index contributed by atoms with van der Waals surface area (Å²) in [5.41, 5.74) is 6.85. The molecule has 0 saturated carbocycles. The number of nitrogens with two attached hydrogens (primary N) is 1. The Labute approximate surface area is 178 Å². The molecule has 1 fully saturated rings. The van der Waals surface area contributed by atoms with E-state index in [4.69, 9.17) is 5.73 Å². The smallest absolute Gasteiger partial charge is 0.273 e. The predicted molar refractivity (Wildman–Crippen MR) is 117 cm³/mol. The van der Waals surface area contributed by atoms with Crippen LogP contribution in [0.1, 0.15) is 23.3 Å². The number of fused-ring (bicyclic) bond motifs is 1. The average molecular weight is 418 g/mol. The quantitative estimate of drug-likeness (QED) is 0.516. The fourth-order valence-corrected chi connectivity index (χ4v) is 3.52. The highest BCUT2D eigenvalue weighted by atomic mass is 16.2. The van der Waals surface area contributed by atoms with Gasteiger partial charge in [-0.25, -0.2) is 0 Å². The van der Waals surface area contributed by atoms with E-state index < -0.39 is 5.91 Å². The van der Waals surface area contributed by atoms with Crippen molar-refractivity contribution in [2.75, 3.05) is 23.7 Å². The molecule has 0 spiro atoms. The van der Waals surface area contributed by atoms with Gasteiger partial charge in [0.05, 0.1) is 17.4 Å². The zero-order valence-corrected chi connectivity index (χ0v) is 16.8. The van der Waals surface area contributed by atoms with Crippen LogP contribution >= 0.6 is 0 Å². The Bertz CT molecular complexity index is 1150. The molecule has 1 aliphatic heterocycles. The molecule has 2 aromatic heterocycles. The number of amides is 2. The van der Waals surface area contributed by atoms with E-state index in [0.29, 0.717) is 18.8 Å².